The highest BCUT2D eigenvalue weighted by Crippen LogP contribution is 2.36. The zero-order valence-electron chi connectivity index (χ0n) is 12.9. The predicted octanol–water partition coefficient (Wildman–Crippen LogP) is 5.62. The lowest BCUT2D eigenvalue weighted by atomic mass is 9.70. The first-order valence-corrected chi connectivity index (χ1v) is 7.25. The van der Waals surface area contributed by atoms with E-state index in [1.165, 1.54) is 12.8 Å². The van der Waals surface area contributed by atoms with Crippen LogP contribution in [0, 0.1) is 35.5 Å². The van der Waals surface area contributed by atoms with E-state index in [2.05, 4.69) is 55.4 Å². The van der Waals surface area contributed by atoms with Crippen molar-refractivity contribution in [3.05, 3.63) is 0 Å². The Kier molecular flexibility index (Phi) is 7.35. The fraction of sp³-hybridized carbons (Fsp3) is 1.00. The zero-order chi connectivity index (χ0) is 12.9. The summed E-state index contributed by atoms with van der Waals surface area (Å²) in [5.41, 5.74) is 0. The Balaban J connectivity index is 4.66. The summed E-state index contributed by atoms with van der Waals surface area (Å²) in [5.74, 6) is 5.13. The van der Waals surface area contributed by atoms with Crippen molar-refractivity contribution in [1.29, 1.82) is 0 Å². The van der Waals surface area contributed by atoms with Gasteiger partial charge in [0.05, 0.1) is 0 Å². The van der Waals surface area contributed by atoms with Gasteiger partial charge in [0.1, 0.15) is 0 Å². The molecule has 0 saturated heterocycles. The summed E-state index contributed by atoms with van der Waals surface area (Å²) in [4.78, 5) is 0. The molecule has 0 saturated carbocycles. The van der Waals surface area contributed by atoms with Gasteiger partial charge in [0, 0.05) is 0 Å². The zero-order valence-corrected chi connectivity index (χ0v) is 12.9. The average Bonchev–Trinajstić information content (AvgIpc) is 2.09. The monoisotopic (exact) mass is 226 g/mol. The third kappa shape index (κ3) is 5.92. The van der Waals surface area contributed by atoms with Crippen LogP contribution in [0.1, 0.15) is 68.2 Å². The van der Waals surface area contributed by atoms with Crippen molar-refractivity contribution in [2.75, 3.05) is 0 Å². The van der Waals surface area contributed by atoms with Crippen LogP contribution in [0.25, 0.3) is 0 Å². The molecule has 0 amide bonds. The minimum atomic E-state index is 0.827. The van der Waals surface area contributed by atoms with Crippen molar-refractivity contribution in [3.63, 3.8) is 0 Å². The molecule has 0 rings (SSSR count). The van der Waals surface area contributed by atoms with E-state index in [0.29, 0.717) is 0 Å². The quantitative estimate of drug-likeness (QED) is 0.528. The Morgan fingerprint density at radius 3 is 0.875 bits per heavy atom. The Morgan fingerprint density at radius 1 is 0.500 bits per heavy atom. The first-order chi connectivity index (χ1) is 7.25. The molecule has 0 bridgehead atoms. The topological polar surface area (TPSA) is 0 Å². The number of rotatable bonds is 7. The summed E-state index contributed by atoms with van der Waals surface area (Å²) in [5, 5.41) is 0. The van der Waals surface area contributed by atoms with E-state index in [0.717, 1.165) is 35.5 Å². The molecule has 0 heterocycles. The number of hydrogen-bond acceptors (Lipinski definition) is 0. The van der Waals surface area contributed by atoms with Gasteiger partial charge in [-0.25, -0.2) is 0 Å². The Hall–Kier alpha value is 0. The van der Waals surface area contributed by atoms with Crippen LogP contribution >= 0.6 is 0 Å². The third-order valence-electron chi connectivity index (χ3n) is 3.75. The van der Waals surface area contributed by atoms with Crippen LogP contribution in [-0.2, 0) is 0 Å². The van der Waals surface area contributed by atoms with Crippen molar-refractivity contribution in [2.24, 2.45) is 35.5 Å². The summed E-state index contributed by atoms with van der Waals surface area (Å²) in [6.07, 6.45) is 2.79. The minimum absolute atomic E-state index is 0.827. The molecule has 16 heavy (non-hydrogen) atoms. The highest BCUT2D eigenvalue weighted by Gasteiger charge is 2.28. The van der Waals surface area contributed by atoms with Crippen molar-refractivity contribution >= 4 is 0 Å². The van der Waals surface area contributed by atoms with Crippen molar-refractivity contribution in [1.82, 2.24) is 0 Å². The van der Waals surface area contributed by atoms with Gasteiger partial charge in [-0.1, -0.05) is 55.4 Å². The summed E-state index contributed by atoms with van der Waals surface area (Å²) < 4.78 is 0. The maximum absolute atomic E-state index is 2.41. The summed E-state index contributed by atoms with van der Waals surface area (Å²) in [7, 11) is 0. The van der Waals surface area contributed by atoms with Crippen LogP contribution in [0.15, 0.2) is 0 Å². The summed E-state index contributed by atoms with van der Waals surface area (Å²) in [6.45, 7) is 19.1. The summed E-state index contributed by atoms with van der Waals surface area (Å²) in [6, 6.07) is 0. The summed E-state index contributed by atoms with van der Waals surface area (Å²) >= 11 is 0. The molecule has 0 aromatic heterocycles. The van der Waals surface area contributed by atoms with Gasteiger partial charge in [-0.15, -0.1) is 0 Å². The minimum Gasteiger partial charge on any atom is -0.0628 e. The maximum atomic E-state index is 2.41. The molecule has 0 radical (unpaired) electrons. The van der Waals surface area contributed by atoms with E-state index in [-0.39, 0.29) is 0 Å². The second kappa shape index (κ2) is 7.35. The van der Waals surface area contributed by atoms with Gasteiger partial charge in [0.25, 0.3) is 0 Å². The molecular formula is C16H34. The van der Waals surface area contributed by atoms with Crippen LogP contribution in [0.5, 0.6) is 0 Å². The van der Waals surface area contributed by atoms with Gasteiger partial charge < -0.3 is 0 Å². The number of hydrogen-bond donors (Lipinski definition) is 0. The molecule has 0 nitrogen and oxygen atoms in total. The van der Waals surface area contributed by atoms with E-state index in [1.807, 2.05) is 0 Å². The SMILES string of the molecule is CC(C)CC(C(C)C)C(CC(C)C)C(C)C. The molecule has 0 fully saturated rings. The Bertz CT molecular complexity index is 145. The van der Waals surface area contributed by atoms with Gasteiger partial charge in [-0.2, -0.15) is 0 Å². The van der Waals surface area contributed by atoms with Gasteiger partial charge in [0.15, 0.2) is 0 Å². The largest absolute Gasteiger partial charge is 0.0628 e. The van der Waals surface area contributed by atoms with Crippen LogP contribution in [0.4, 0.5) is 0 Å². The van der Waals surface area contributed by atoms with E-state index >= 15 is 0 Å². The molecule has 0 spiro atoms. The molecule has 2 atom stereocenters. The molecule has 98 valence electrons. The molecule has 0 aromatic rings. The van der Waals surface area contributed by atoms with Gasteiger partial charge >= 0.3 is 0 Å². The standard InChI is InChI=1S/C16H34/c1-11(2)9-15(13(5)6)16(14(7)8)10-12(3)4/h11-16H,9-10H2,1-8H3. The van der Waals surface area contributed by atoms with E-state index in [4.69, 9.17) is 0 Å². The van der Waals surface area contributed by atoms with Crippen LogP contribution in [0.2, 0.25) is 0 Å². The molecule has 0 heteroatoms. The molecule has 0 aliphatic carbocycles. The van der Waals surface area contributed by atoms with Gasteiger partial charge in [0.2, 0.25) is 0 Å². The average molecular weight is 226 g/mol. The molecule has 0 N–H and O–H groups in total. The molecule has 0 aliphatic heterocycles. The second-order valence-corrected chi connectivity index (χ2v) is 7.07. The molecule has 0 aliphatic rings. The van der Waals surface area contributed by atoms with Crippen molar-refractivity contribution in [2.45, 2.75) is 68.2 Å². The van der Waals surface area contributed by atoms with E-state index in [1.54, 1.807) is 0 Å². The third-order valence-corrected chi connectivity index (χ3v) is 3.75. The lowest BCUT2D eigenvalue weighted by molar-refractivity contribution is 0.143. The lowest BCUT2D eigenvalue weighted by Gasteiger charge is -2.35. The van der Waals surface area contributed by atoms with Crippen LogP contribution in [0.3, 0.4) is 0 Å². The van der Waals surface area contributed by atoms with Crippen LogP contribution in [-0.4, -0.2) is 0 Å². The smallest absolute Gasteiger partial charge is 0.0358 e. The second-order valence-electron chi connectivity index (χ2n) is 7.07. The highest BCUT2D eigenvalue weighted by molar-refractivity contribution is 4.77. The van der Waals surface area contributed by atoms with E-state index in [9.17, 15) is 0 Å². The fourth-order valence-electron chi connectivity index (χ4n) is 2.97. The maximum Gasteiger partial charge on any atom is -0.0358 e. The lowest BCUT2D eigenvalue weighted by Crippen LogP contribution is -2.27. The van der Waals surface area contributed by atoms with Gasteiger partial charge in [-0.05, 0) is 48.3 Å². The molecular weight excluding hydrogens is 192 g/mol. The van der Waals surface area contributed by atoms with Crippen molar-refractivity contribution in [3.8, 4) is 0 Å². The fourth-order valence-corrected chi connectivity index (χ4v) is 2.97. The molecule has 2 unspecified atom stereocenters. The first kappa shape index (κ1) is 16.0. The Labute approximate surface area is 104 Å². The van der Waals surface area contributed by atoms with E-state index < -0.39 is 0 Å². The first-order valence-electron chi connectivity index (χ1n) is 7.25. The normalized spacial score (nSPS) is 16.5. The van der Waals surface area contributed by atoms with Crippen molar-refractivity contribution < 1.29 is 0 Å². The highest BCUT2D eigenvalue weighted by atomic mass is 14.3. The Morgan fingerprint density at radius 2 is 0.750 bits per heavy atom. The van der Waals surface area contributed by atoms with Crippen LogP contribution < -0.4 is 0 Å². The predicted molar refractivity (Wildman–Crippen MR) is 75.6 cm³/mol. The van der Waals surface area contributed by atoms with Gasteiger partial charge in [-0.3, -0.25) is 0 Å². The molecule has 0 aromatic carbocycles.